The van der Waals surface area contributed by atoms with E-state index in [9.17, 15) is 9.90 Å². The van der Waals surface area contributed by atoms with Crippen molar-refractivity contribution in [3.63, 3.8) is 0 Å². The first kappa shape index (κ1) is 18.2. The Morgan fingerprint density at radius 3 is 2.54 bits per heavy atom. The molecule has 5 heteroatoms. The van der Waals surface area contributed by atoms with Crippen molar-refractivity contribution in [2.24, 2.45) is 7.05 Å². The average molecular weight is 373 g/mol. The van der Waals surface area contributed by atoms with Crippen LogP contribution in [0.1, 0.15) is 23.5 Å². The summed E-state index contributed by atoms with van der Waals surface area (Å²) in [4.78, 5) is 17.7. The minimum atomic E-state index is -0.0756. The van der Waals surface area contributed by atoms with Crippen molar-refractivity contribution in [1.29, 1.82) is 0 Å². The Hall–Kier alpha value is -3.18. The SMILES string of the molecule is Cc1c(/C=C/c2nc3ccccc3c(=O)n2CCCO)c2ccccc2n1C. The molecule has 0 unspecified atom stereocenters. The van der Waals surface area contributed by atoms with E-state index in [0.29, 0.717) is 29.7 Å². The van der Waals surface area contributed by atoms with Crippen LogP contribution in [0.25, 0.3) is 34.0 Å². The molecule has 142 valence electrons. The highest BCUT2D eigenvalue weighted by Gasteiger charge is 2.11. The van der Waals surface area contributed by atoms with Gasteiger partial charge in [0.2, 0.25) is 0 Å². The number of nitrogens with zero attached hydrogens (tertiary/aromatic N) is 3. The molecule has 0 bridgehead atoms. The lowest BCUT2D eigenvalue weighted by Gasteiger charge is -2.10. The molecule has 5 nitrogen and oxygen atoms in total. The van der Waals surface area contributed by atoms with Gasteiger partial charge in [-0.3, -0.25) is 9.36 Å². The highest BCUT2D eigenvalue weighted by atomic mass is 16.3. The third-order valence-electron chi connectivity index (χ3n) is 5.28. The van der Waals surface area contributed by atoms with Gasteiger partial charge in [-0.25, -0.2) is 4.98 Å². The number of benzene rings is 2. The number of rotatable bonds is 5. The fourth-order valence-corrected chi connectivity index (χ4v) is 3.68. The van der Waals surface area contributed by atoms with Crippen molar-refractivity contribution in [3.05, 3.63) is 76.0 Å². The van der Waals surface area contributed by atoms with Gasteiger partial charge in [0, 0.05) is 42.4 Å². The molecule has 0 saturated carbocycles. The van der Waals surface area contributed by atoms with E-state index >= 15 is 0 Å². The zero-order chi connectivity index (χ0) is 19.7. The molecule has 0 radical (unpaired) electrons. The van der Waals surface area contributed by atoms with Crippen LogP contribution < -0.4 is 5.56 Å². The van der Waals surface area contributed by atoms with Crippen molar-refractivity contribution >= 4 is 34.0 Å². The summed E-state index contributed by atoms with van der Waals surface area (Å²) >= 11 is 0. The van der Waals surface area contributed by atoms with Crippen LogP contribution in [0.2, 0.25) is 0 Å². The molecule has 0 saturated heterocycles. The molecule has 2 aromatic carbocycles. The molecule has 0 atom stereocenters. The minimum absolute atomic E-state index is 0.0326. The van der Waals surface area contributed by atoms with E-state index in [-0.39, 0.29) is 12.2 Å². The first-order valence-electron chi connectivity index (χ1n) is 9.44. The minimum Gasteiger partial charge on any atom is -0.396 e. The molecule has 0 fully saturated rings. The highest BCUT2D eigenvalue weighted by molar-refractivity contribution is 5.93. The number of aryl methyl sites for hydroxylation is 1. The number of aliphatic hydroxyl groups excluding tert-OH is 1. The zero-order valence-electron chi connectivity index (χ0n) is 16.1. The van der Waals surface area contributed by atoms with E-state index in [1.807, 2.05) is 42.5 Å². The van der Waals surface area contributed by atoms with Gasteiger partial charge in [-0.05, 0) is 43.7 Å². The molecule has 0 aliphatic carbocycles. The number of aromatic nitrogens is 3. The van der Waals surface area contributed by atoms with Gasteiger partial charge in [-0.2, -0.15) is 0 Å². The van der Waals surface area contributed by atoms with E-state index in [4.69, 9.17) is 4.98 Å². The summed E-state index contributed by atoms with van der Waals surface area (Å²) in [5.74, 6) is 0.601. The molecule has 0 aliphatic rings. The topological polar surface area (TPSA) is 60.1 Å². The quantitative estimate of drug-likeness (QED) is 0.580. The molecular weight excluding hydrogens is 350 g/mol. The van der Waals surface area contributed by atoms with E-state index in [0.717, 1.165) is 11.3 Å². The molecule has 1 N–H and O–H groups in total. The second kappa shape index (κ2) is 7.44. The first-order chi connectivity index (χ1) is 13.6. The van der Waals surface area contributed by atoms with Crippen LogP contribution in [0.15, 0.2) is 53.3 Å². The molecule has 0 aliphatic heterocycles. The molecule has 2 aromatic heterocycles. The smallest absolute Gasteiger partial charge is 0.261 e. The van der Waals surface area contributed by atoms with Gasteiger partial charge < -0.3 is 9.67 Å². The summed E-state index contributed by atoms with van der Waals surface area (Å²) in [5.41, 5.74) is 4.05. The number of hydrogen-bond acceptors (Lipinski definition) is 3. The summed E-state index contributed by atoms with van der Waals surface area (Å²) in [6.07, 6.45) is 4.44. The van der Waals surface area contributed by atoms with Crippen molar-refractivity contribution in [2.75, 3.05) is 6.61 Å². The third-order valence-corrected chi connectivity index (χ3v) is 5.28. The molecule has 4 aromatic rings. The number of aliphatic hydroxyl groups is 1. The molecule has 4 rings (SSSR count). The van der Waals surface area contributed by atoms with Crippen LogP contribution in [-0.4, -0.2) is 25.8 Å². The zero-order valence-corrected chi connectivity index (χ0v) is 16.1. The van der Waals surface area contributed by atoms with Gasteiger partial charge in [0.05, 0.1) is 10.9 Å². The van der Waals surface area contributed by atoms with Crippen LogP contribution in [0.4, 0.5) is 0 Å². The van der Waals surface area contributed by atoms with Crippen molar-refractivity contribution in [1.82, 2.24) is 14.1 Å². The highest BCUT2D eigenvalue weighted by Crippen LogP contribution is 2.26. The van der Waals surface area contributed by atoms with Crippen LogP contribution in [-0.2, 0) is 13.6 Å². The van der Waals surface area contributed by atoms with Crippen LogP contribution in [0.3, 0.4) is 0 Å². The van der Waals surface area contributed by atoms with E-state index in [1.165, 1.54) is 10.9 Å². The Morgan fingerprint density at radius 2 is 1.75 bits per heavy atom. The fourth-order valence-electron chi connectivity index (χ4n) is 3.68. The second-order valence-electron chi connectivity index (χ2n) is 6.93. The van der Waals surface area contributed by atoms with E-state index < -0.39 is 0 Å². The summed E-state index contributed by atoms with van der Waals surface area (Å²) in [6, 6.07) is 15.7. The summed E-state index contributed by atoms with van der Waals surface area (Å²) in [7, 11) is 2.06. The number of para-hydroxylation sites is 2. The molecule has 28 heavy (non-hydrogen) atoms. The number of hydrogen-bond donors (Lipinski definition) is 1. The van der Waals surface area contributed by atoms with E-state index in [1.54, 1.807) is 10.6 Å². The maximum atomic E-state index is 13.0. The van der Waals surface area contributed by atoms with Crippen LogP contribution in [0, 0.1) is 6.92 Å². The molecular formula is C23H23N3O2. The average Bonchev–Trinajstić information content (AvgIpc) is 2.96. The lowest BCUT2D eigenvalue weighted by Crippen LogP contribution is -2.24. The third kappa shape index (κ3) is 3.04. The Kier molecular flexibility index (Phi) is 4.84. The standard InChI is InChI=1S/C23H23N3O2/c1-16-17(18-8-4-6-11-21(18)25(16)2)12-13-22-24-20-10-5-3-9-19(20)23(28)26(22)14-7-15-27/h3-6,8-13,27H,7,14-15H2,1-2H3/b13-12+. The summed E-state index contributed by atoms with van der Waals surface area (Å²) in [5, 5.41) is 11.0. The maximum Gasteiger partial charge on any atom is 0.261 e. The van der Waals surface area contributed by atoms with E-state index in [2.05, 4.69) is 30.7 Å². The lowest BCUT2D eigenvalue weighted by molar-refractivity contribution is 0.278. The van der Waals surface area contributed by atoms with Crippen LogP contribution in [0.5, 0.6) is 0 Å². The summed E-state index contributed by atoms with van der Waals surface area (Å²) in [6.45, 7) is 2.55. The normalized spacial score (nSPS) is 11.8. The Morgan fingerprint density at radius 1 is 1.04 bits per heavy atom. The first-order valence-corrected chi connectivity index (χ1v) is 9.44. The largest absolute Gasteiger partial charge is 0.396 e. The predicted molar refractivity (Wildman–Crippen MR) is 114 cm³/mol. The molecule has 0 amide bonds. The predicted octanol–water partition coefficient (Wildman–Crippen LogP) is 3.75. The van der Waals surface area contributed by atoms with Crippen molar-refractivity contribution in [3.8, 4) is 0 Å². The molecule has 0 spiro atoms. The Labute approximate surface area is 163 Å². The van der Waals surface area contributed by atoms with Gasteiger partial charge >= 0.3 is 0 Å². The molecule has 2 heterocycles. The van der Waals surface area contributed by atoms with Crippen molar-refractivity contribution < 1.29 is 5.11 Å². The Balaban J connectivity index is 1.88. The van der Waals surface area contributed by atoms with Crippen molar-refractivity contribution in [2.45, 2.75) is 19.9 Å². The Bertz CT molecular complexity index is 1250. The van der Waals surface area contributed by atoms with Gasteiger partial charge in [0.25, 0.3) is 5.56 Å². The van der Waals surface area contributed by atoms with Gasteiger partial charge in [0.1, 0.15) is 5.82 Å². The maximum absolute atomic E-state index is 13.0. The van der Waals surface area contributed by atoms with Gasteiger partial charge in [-0.15, -0.1) is 0 Å². The monoisotopic (exact) mass is 373 g/mol. The van der Waals surface area contributed by atoms with Crippen LogP contribution >= 0.6 is 0 Å². The summed E-state index contributed by atoms with van der Waals surface area (Å²) < 4.78 is 3.82. The lowest BCUT2D eigenvalue weighted by atomic mass is 10.1. The number of fused-ring (bicyclic) bond motifs is 2. The van der Waals surface area contributed by atoms with Gasteiger partial charge in [-0.1, -0.05) is 30.3 Å². The fraction of sp³-hybridized carbons (Fsp3) is 0.217. The van der Waals surface area contributed by atoms with Gasteiger partial charge in [0.15, 0.2) is 0 Å². The second-order valence-corrected chi connectivity index (χ2v) is 6.93.